The Labute approximate surface area is 373 Å². The number of hydrogen-bond acceptors (Lipinski definition) is 0. The van der Waals surface area contributed by atoms with Gasteiger partial charge >= 0.3 is 0 Å². The van der Waals surface area contributed by atoms with E-state index in [1.807, 2.05) is 0 Å². The third-order valence-electron chi connectivity index (χ3n) is 15.3. The van der Waals surface area contributed by atoms with E-state index in [1.165, 1.54) is 142 Å². The first-order valence-corrected chi connectivity index (χ1v) is 23.4. The van der Waals surface area contributed by atoms with Gasteiger partial charge in [-0.15, -0.1) is 0 Å². The van der Waals surface area contributed by atoms with Gasteiger partial charge in [0, 0.05) is 0 Å². The highest BCUT2D eigenvalue weighted by Gasteiger charge is 2.41. The number of rotatable bonds is 2. The molecule has 0 nitrogen and oxygen atoms in total. The normalized spacial score (nSPS) is 14.2. The van der Waals surface area contributed by atoms with Gasteiger partial charge in [-0.2, -0.15) is 0 Å². The van der Waals surface area contributed by atoms with E-state index in [0.29, 0.717) is 0 Å². The van der Waals surface area contributed by atoms with Crippen molar-refractivity contribution in [3.63, 3.8) is 0 Å². The Morgan fingerprint density at radius 2 is 0.484 bits per heavy atom. The van der Waals surface area contributed by atoms with Crippen LogP contribution < -0.4 is 32.8 Å². The summed E-state index contributed by atoms with van der Waals surface area (Å²) in [6, 6.07) is 30.8. The molecular formula is C60H66B2. The van der Waals surface area contributed by atoms with Crippen LogP contribution in [0.15, 0.2) is 72.8 Å². The molecule has 2 aliphatic heterocycles. The van der Waals surface area contributed by atoms with Crippen LogP contribution in [0.1, 0.15) is 139 Å². The Balaban J connectivity index is 1.59. The number of hydrogen-bond donors (Lipinski definition) is 0. The van der Waals surface area contributed by atoms with Gasteiger partial charge in [-0.05, 0) is 139 Å². The van der Waals surface area contributed by atoms with E-state index in [4.69, 9.17) is 0 Å². The van der Waals surface area contributed by atoms with Crippen molar-refractivity contribution >= 4 is 100 Å². The summed E-state index contributed by atoms with van der Waals surface area (Å²) >= 11 is 0. The van der Waals surface area contributed by atoms with Crippen LogP contribution in [0.2, 0.25) is 0 Å². The van der Waals surface area contributed by atoms with Gasteiger partial charge < -0.3 is 0 Å². The van der Waals surface area contributed by atoms with E-state index in [0.717, 1.165) is 0 Å². The van der Waals surface area contributed by atoms with E-state index in [2.05, 4.69) is 197 Å². The fraction of sp³-hybridized carbons (Fsp3) is 0.367. The van der Waals surface area contributed by atoms with Crippen LogP contribution in [0.25, 0.3) is 53.9 Å². The quantitative estimate of drug-likeness (QED) is 0.121. The molecule has 0 fully saturated rings. The van der Waals surface area contributed by atoms with Crippen molar-refractivity contribution in [2.45, 2.75) is 146 Å². The highest BCUT2D eigenvalue weighted by molar-refractivity contribution is 7.02. The predicted molar refractivity (Wildman–Crippen MR) is 279 cm³/mol. The molecule has 0 amide bonds. The summed E-state index contributed by atoms with van der Waals surface area (Å²) in [4.78, 5) is 0. The lowest BCUT2D eigenvalue weighted by Crippen LogP contribution is -2.57. The van der Waals surface area contributed by atoms with Gasteiger partial charge in [0.25, 0.3) is 0 Å². The van der Waals surface area contributed by atoms with Gasteiger partial charge in [0.05, 0.1) is 0 Å². The maximum atomic E-state index is 2.64. The van der Waals surface area contributed by atoms with Crippen molar-refractivity contribution in [2.75, 3.05) is 0 Å². The molecule has 312 valence electrons. The lowest BCUT2D eigenvalue weighted by Gasteiger charge is -2.37. The molecular weight excluding hydrogens is 742 g/mol. The Morgan fingerprint density at radius 3 is 0.677 bits per heavy atom. The highest BCUT2D eigenvalue weighted by atomic mass is 14.3. The number of fused-ring (bicyclic) bond motifs is 2. The zero-order valence-electron chi connectivity index (χ0n) is 41.1. The molecule has 0 atom stereocenters. The molecule has 2 heteroatoms. The predicted octanol–water partition coefficient (Wildman–Crippen LogP) is 12.2. The van der Waals surface area contributed by atoms with Crippen LogP contribution in [0.5, 0.6) is 0 Å². The molecule has 0 radical (unpaired) electrons. The van der Waals surface area contributed by atoms with Crippen LogP contribution in [0.3, 0.4) is 0 Å². The van der Waals surface area contributed by atoms with E-state index < -0.39 is 0 Å². The lowest BCUT2D eigenvalue weighted by atomic mass is 9.31. The summed E-state index contributed by atoms with van der Waals surface area (Å²) in [5.74, 6) is 0. The summed E-state index contributed by atoms with van der Waals surface area (Å²) in [5.41, 5.74) is 22.6. The van der Waals surface area contributed by atoms with E-state index in [1.54, 1.807) is 0 Å². The molecule has 10 rings (SSSR count). The average Bonchev–Trinajstić information content (AvgIpc) is 3.14. The molecule has 8 aromatic rings. The monoisotopic (exact) mass is 809 g/mol. The van der Waals surface area contributed by atoms with Crippen LogP contribution in [0, 0.1) is 41.5 Å². The summed E-state index contributed by atoms with van der Waals surface area (Å²) < 4.78 is 0. The first-order valence-electron chi connectivity index (χ1n) is 23.4. The van der Waals surface area contributed by atoms with Gasteiger partial charge in [-0.3, -0.25) is 0 Å². The first kappa shape index (κ1) is 41.2. The number of benzene rings is 8. The minimum atomic E-state index is -0.0448. The maximum absolute atomic E-state index is 2.64. The molecule has 2 heterocycles. The summed E-state index contributed by atoms with van der Waals surface area (Å²) in [5, 5.41) is 14.5. The SMILES string of the molecule is Cc1cc(C)c(B2c3cc(C(C)(C)C)cc4c5cc(C(C)(C)C)cc6c5c5c7c(cc(C(C)(C)C)cc7c7cc(C(C)(C)C)cc2c7c5c34)B6c2c(C)cc(C)cc2C)c(C)c1. The van der Waals surface area contributed by atoms with Gasteiger partial charge in [-0.1, -0.05) is 222 Å². The fourth-order valence-corrected chi connectivity index (χ4v) is 12.3. The fourth-order valence-electron chi connectivity index (χ4n) is 12.3. The van der Waals surface area contributed by atoms with Crippen molar-refractivity contribution < 1.29 is 0 Å². The second-order valence-corrected chi connectivity index (χ2v) is 24.2. The lowest BCUT2D eigenvalue weighted by molar-refractivity contribution is 0.590. The van der Waals surface area contributed by atoms with Gasteiger partial charge in [0.1, 0.15) is 0 Å². The van der Waals surface area contributed by atoms with Crippen molar-refractivity contribution in [3.05, 3.63) is 128 Å². The smallest absolute Gasteiger partial charge is 0.0629 e. The van der Waals surface area contributed by atoms with Crippen LogP contribution >= 0.6 is 0 Å². The average molecular weight is 809 g/mol. The molecule has 0 N–H and O–H groups in total. The van der Waals surface area contributed by atoms with E-state index in [9.17, 15) is 0 Å². The molecule has 0 spiro atoms. The van der Waals surface area contributed by atoms with E-state index in [-0.39, 0.29) is 35.1 Å². The Kier molecular flexibility index (Phi) is 8.57. The number of aryl methyl sites for hydroxylation is 6. The minimum absolute atomic E-state index is 0.0448. The van der Waals surface area contributed by atoms with Crippen molar-refractivity contribution in [1.29, 1.82) is 0 Å². The molecule has 0 aromatic heterocycles. The molecule has 8 aromatic carbocycles. The first-order chi connectivity index (χ1) is 28.8. The molecule has 0 saturated heterocycles. The Bertz CT molecular complexity index is 2890. The van der Waals surface area contributed by atoms with Crippen molar-refractivity contribution in [2.24, 2.45) is 0 Å². The maximum Gasteiger partial charge on any atom is 0.243 e. The summed E-state index contributed by atoms with van der Waals surface area (Å²) in [7, 11) is 0. The Hall–Kier alpha value is -4.81. The second kappa shape index (κ2) is 12.9. The van der Waals surface area contributed by atoms with Gasteiger partial charge in [0.2, 0.25) is 13.4 Å². The third-order valence-corrected chi connectivity index (χ3v) is 15.3. The molecule has 0 aliphatic carbocycles. The third kappa shape index (κ3) is 5.80. The largest absolute Gasteiger partial charge is 0.243 e. The molecule has 0 saturated carbocycles. The summed E-state index contributed by atoms with van der Waals surface area (Å²) in [6.07, 6.45) is 0. The molecule has 2 aliphatic rings. The Morgan fingerprint density at radius 1 is 0.274 bits per heavy atom. The minimum Gasteiger partial charge on any atom is -0.0629 e. The summed E-state index contributed by atoms with van der Waals surface area (Å²) in [6.45, 7) is 43.1. The molecule has 0 bridgehead atoms. The van der Waals surface area contributed by atoms with E-state index >= 15 is 0 Å². The van der Waals surface area contributed by atoms with Crippen LogP contribution in [0.4, 0.5) is 0 Å². The van der Waals surface area contributed by atoms with Crippen molar-refractivity contribution in [1.82, 2.24) is 0 Å². The second-order valence-electron chi connectivity index (χ2n) is 24.2. The zero-order chi connectivity index (χ0) is 44.7. The van der Waals surface area contributed by atoms with Crippen LogP contribution in [-0.4, -0.2) is 13.4 Å². The molecule has 0 unspecified atom stereocenters. The van der Waals surface area contributed by atoms with Gasteiger partial charge in [-0.25, -0.2) is 0 Å². The topological polar surface area (TPSA) is 0 Å². The standard InChI is InChI=1S/C60H66B2/c1-31-19-33(3)55(34(4)20-31)61-45-27-37(57(7,8)9)23-41-43-25-39(59(13,14)15)29-47-51(43)54-52-44(42-24-38(58(10,11)12)28-46(61)50(42)53(54)49(41)45)26-40(60(16,17)18)30-48(52)62(47)56-35(5)21-32(2)22-36(56)6/h19-30H,1-18H3. The zero-order valence-corrected chi connectivity index (χ0v) is 41.1. The van der Waals surface area contributed by atoms with Gasteiger partial charge in [0.15, 0.2) is 0 Å². The van der Waals surface area contributed by atoms with Crippen molar-refractivity contribution in [3.8, 4) is 0 Å². The highest BCUT2D eigenvalue weighted by Crippen LogP contribution is 2.48. The van der Waals surface area contributed by atoms with Crippen LogP contribution in [-0.2, 0) is 21.7 Å². The molecule has 62 heavy (non-hydrogen) atoms.